The van der Waals surface area contributed by atoms with Crippen LogP contribution in [0.25, 0.3) is 11.3 Å². The van der Waals surface area contributed by atoms with Gasteiger partial charge in [-0.3, -0.25) is 9.89 Å². The molecule has 1 amide bonds. The van der Waals surface area contributed by atoms with Crippen LogP contribution in [0.5, 0.6) is 0 Å². The molecule has 1 aliphatic heterocycles. The van der Waals surface area contributed by atoms with Gasteiger partial charge in [0.25, 0.3) is 0 Å². The van der Waals surface area contributed by atoms with Crippen LogP contribution in [0.15, 0.2) is 35.8 Å². The van der Waals surface area contributed by atoms with Crippen molar-refractivity contribution in [2.24, 2.45) is 10.7 Å². The number of carbonyl (C=O) groups excluding carboxylic acids is 1. The number of aromatic amines is 1. The maximum atomic E-state index is 10.9. The highest BCUT2D eigenvalue weighted by Gasteiger charge is 2.27. The van der Waals surface area contributed by atoms with Crippen LogP contribution in [0, 0.1) is 0 Å². The van der Waals surface area contributed by atoms with Gasteiger partial charge in [-0.25, -0.2) is 4.99 Å². The monoisotopic (exact) mass is 428 g/mol. The molecule has 0 saturated carbocycles. The number of aromatic nitrogens is 2. The zero-order chi connectivity index (χ0) is 21.9. The molecule has 0 radical (unpaired) electrons. The van der Waals surface area contributed by atoms with Gasteiger partial charge >= 0.3 is 0 Å². The molecule has 8 heteroatoms. The van der Waals surface area contributed by atoms with Crippen LogP contribution in [0.3, 0.4) is 0 Å². The van der Waals surface area contributed by atoms with Gasteiger partial charge in [0.05, 0.1) is 16.4 Å². The number of nitrogens with zero attached hydrogens (tertiary/aromatic N) is 3. The number of halogens is 1. The first-order valence-electron chi connectivity index (χ1n) is 10.1. The molecule has 1 aliphatic rings. The first kappa shape index (κ1) is 22.1. The molecule has 0 aliphatic carbocycles. The molecule has 3 rings (SSSR count). The third-order valence-corrected chi connectivity index (χ3v) is 5.88. The largest absolute Gasteiger partial charge is 0.356 e. The van der Waals surface area contributed by atoms with Gasteiger partial charge in [0.2, 0.25) is 6.41 Å². The number of amidine groups is 1. The standard InChI is InChI=1S/C22H29ClN6O/c1-5-17(29-11-9-22(4,24)10-12-29)26-21-18(14(2)3)20(27-28-21)15-7-6-8-16(19(15)23)25-13-30/h5-8,13-14H,1,9-12,24H2,2-4H3,(H,25,30)(H,27,28). The van der Waals surface area contributed by atoms with Crippen LogP contribution in [-0.2, 0) is 4.79 Å². The van der Waals surface area contributed by atoms with Crippen molar-refractivity contribution in [2.45, 2.75) is 45.1 Å². The third-order valence-electron chi connectivity index (χ3n) is 5.48. The average Bonchev–Trinajstić information content (AvgIpc) is 3.12. The summed E-state index contributed by atoms with van der Waals surface area (Å²) in [5.74, 6) is 1.55. The van der Waals surface area contributed by atoms with Gasteiger partial charge in [-0.15, -0.1) is 0 Å². The van der Waals surface area contributed by atoms with Crippen LogP contribution in [0.2, 0.25) is 5.02 Å². The van der Waals surface area contributed by atoms with Crippen LogP contribution in [0.4, 0.5) is 11.5 Å². The summed E-state index contributed by atoms with van der Waals surface area (Å²) in [6.07, 6.45) is 4.17. The van der Waals surface area contributed by atoms with Crippen LogP contribution < -0.4 is 11.1 Å². The first-order chi connectivity index (χ1) is 14.3. The van der Waals surface area contributed by atoms with Crippen LogP contribution in [0.1, 0.15) is 45.1 Å². The smallest absolute Gasteiger partial charge is 0.211 e. The number of carbonyl (C=O) groups is 1. The highest BCUT2D eigenvalue weighted by molar-refractivity contribution is 6.36. The molecule has 0 unspecified atom stereocenters. The predicted molar refractivity (Wildman–Crippen MR) is 124 cm³/mol. The fourth-order valence-electron chi connectivity index (χ4n) is 3.68. The van der Waals surface area contributed by atoms with Gasteiger partial charge in [0.1, 0.15) is 5.84 Å². The third kappa shape index (κ3) is 4.57. The van der Waals surface area contributed by atoms with Gasteiger partial charge in [0, 0.05) is 29.8 Å². The molecule has 30 heavy (non-hydrogen) atoms. The Hall–Kier alpha value is -2.64. The molecule has 1 saturated heterocycles. The van der Waals surface area contributed by atoms with E-state index in [0.717, 1.165) is 48.6 Å². The SMILES string of the molecule is C=CC(=Nc1n[nH]c(-c2cccc(NC=O)c2Cl)c1C(C)C)N1CCC(C)(N)CC1. The maximum absolute atomic E-state index is 10.9. The van der Waals surface area contributed by atoms with Gasteiger partial charge < -0.3 is 16.0 Å². The zero-order valence-electron chi connectivity index (χ0n) is 17.7. The summed E-state index contributed by atoms with van der Waals surface area (Å²) in [6.45, 7) is 11.9. The van der Waals surface area contributed by atoms with Gasteiger partial charge in [-0.05, 0) is 37.8 Å². The fourth-order valence-corrected chi connectivity index (χ4v) is 3.95. The summed E-state index contributed by atoms with van der Waals surface area (Å²) >= 11 is 6.55. The van der Waals surface area contributed by atoms with E-state index in [0.29, 0.717) is 22.9 Å². The lowest BCUT2D eigenvalue weighted by Gasteiger charge is -2.37. The number of rotatable bonds is 6. The number of nitrogens with one attached hydrogen (secondary N) is 2. The van der Waals surface area contributed by atoms with Crippen molar-refractivity contribution in [2.75, 3.05) is 18.4 Å². The summed E-state index contributed by atoms with van der Waals surface area (Å²) in [5, 5.41) is 10.7. The molecule has 2 heterocycles. The number of aliphatic imine (C=N–C) groups is 1. The van der Waals surface area contributed by atoms with E-state index in [1.807, 2.05) is 12.1 Å². The lowest BCUT2D eigenvalue weighted by Crippen LogP contribution is -2.49. The Kier molecular flexibility index (Phi) is 6.63. The van der Waals surface area contributed by atoms with Crippen molar-refractivity contribution in [3.63, 3.8) is 0 Å². The van der Waals surface area contributed by atoms with E-state index in [9.17, 15) is 4.79 Å². The molecule has 160 valence electrons. The minimum absolute atomic E-state index is 0.136. The Bertz CT molecular complexity index is 953. The highest BCUT2D eigenvalue weighted by atomic mass is 35.5. The van der Waals surface area contributed by atoms with Crippen molar-refractivity contribution >= 4 is 35.4 Å². The number of hydrogen-bond donors (Lipinski definition) is 3. The molecule has 2 aromatic rings. The Morgan fingerprint density at radius 2 is 2.13 bits per heavy atom. The van der Waals surface area contributed by atoms with Crippen LogP contribution >= 0.6 is 11.6 Å². The molecule has 0 atom stereocenters. The molecule has 0 spiro atoms. The van der Waals surface area contributed by atoms with Gasteiger partial charge in [-0.1, -0.05) is 44.2 Å². The lowest BCUT2D eigenvalue weighted by molar-refractivity contribution is -0.105. The Balaban J connectivity index is 2.01. The van der Waals surface area contributed by atoms with Gasteiger partial charge in [-0.2, -0.15) is 5.10 Å². The van der Waals surface area contributed by atoms with Crippen molar-refractivity contribution in [1.82, 2.24) is 15.1 Å². The molecule has 1 fully saturated rings. The van der Waals surface area contributed by atoms with E-state index in [1.165, 1.54) is 0 Å². The number of anilines is 1. The summed E-state index contributed by atoms with van der Waals surface area (Å²) in [6, 6.07) is 5.49. The highest BCUT2D eigenvalue weighted by Crippen LogP contribution is 2.40. The minimum atomic E-state index is -0.136. The van der Waals surface area contributed by atoms with E-state index in [1.54, 1.807) is 12.1 Å². The van der Waals surface area contributed by atoms with Gasteiger partial charge in [0.15, 0.2) is 5.82 Å². The van der Waals surface area contributed by atoms with Crippen molar-refractivity contribution in [3.05, 3.63) is 41.4 Å². The summed E-state index contributed by atoms with van der Waals surface area (Å²) in [4.78, 5) is 17.9. The maximum Gasteiger partial charge on any atom is 0.211 e. The van der Waals surface area contributed by atoms with E-state index >= 15 is 0 Å². The predicted octanol–water partition coefficient (Wildman–Crippen LogP) is 4.45. The fraction of sp³-hybridized carbons (Fsp3) is 0.409. The molecular weight excluding hydrogens is 400 g/mol. The number of hydrogen-bond acceptors (Lipinski definition) is 4. The zero-order valence-corrected chi connectivity index (χ0v) is 18.5. The van der Waals surface area contributed by atoms with E-state index in [2.05, 4.69) is 47.8 Å². The Morgan fingerprint density at radius 1 is 1.43 bits per heavy atom. The summed E-state index contributed by atoms with van der Waals surface area (Å²) in [7, 11) is 0. The molecule has 1 aromatic heterocycles. The Labute approximate surface area is 182 Å². The quantitative estimate of drug-likeness (QED) is 0.359. The van der Waals surface area contributed by atoms with Crippen LogP contribution in [-0.4, -0.2) is 46.0 Å². The molecule has 4 N–H and O–H groups in total. The van der Waals surface area contributed by atoms with E-state index in [4.69, 9.17) is 22.3 Å². The second-order valence-corrected chi connectivity index (χ2v) is 8.61. The number of H-pyrrole nitrogens is 1. The van der Waals surface area contributed by atoms with Crippen molar-refractivity contribution in [3.8, 4) is 11.3 Å². The van der Waals surface area contributed by atoms with Crippen molar-refractivity contribution in [1.29, 1.82) is 0 Å². The molecule has 0 bridgehead atoms. The summed E-state index contributed by atoms with van der Waals surface area (Å²) in [5.41, 5.74) is 9.19. The van der Waals surface area contributed by atoms with E-state index < -0.39 is 0 Å². The number of amides is 1. The summed E-state index contributed by atoms with van der Waals surface area (Å²) < 4.78 is 0. The Morgan fingerprint density at radius 3 is 2.73 bits per heavy atom. The second kappa shape index (κ2) is 9.02. The lowest BCUT2D eigenvalue weighted by atomic mass is 9.91. The second-order valence-electron chi connectivity index (χ2n) is 8.24. The molecule has 1 aromatic carbocycles. The first-order valence-corrected chi connectivity index (χ1v) is 10.5. The number of benzene rings is 1. The molecular formula is C22H29ClN6O. The number of piperidine rings is 1. The van der Waals surface area contributed by atoms with E-state index in [-0.39, 0.29) is 11.5 Å². The molecule has 7 nitrogen and oxygen atoms in total. The topological polar surface area (TPSA) is 99.4 Å². The number of nitrogens with two attached hydrogens (primary N) is 1. The minimum Gasteiger partial charge on any atom is -0.356 e. The normalized spacial score (nSPS) is 16.6. The van der Waals surface area contributed by atoms with Crippen molar-refractivity contribution < 1.29 is 4.79 Å². The number of likely N-dealkylation sites (tertiary alicyclic amines) is 1. The average molecular weight is 429 g/mol.